The summed E-state index contributed by atoms with van der Waals surface area (Å²) in [5.41, 5.74) is 0. The lowest BCUT2D eigenvalue weighted by Gasteiger charge is -2.40. The van der Waals surface area contributed by atoms with Crippen LogP contribution in [0, 0.1) is 0 Å². The number of carbonyl (C=O) groups is 1. The van der Waals surface area contributed by atoms with Crippen LogP contribution in [-0.2, 0) is 9.53 Å². The van der Waals surface area contributed by atoms with E-state index in [0.717, 1.165) is 0 Å². The maximum Gasteiger partial charge on any atom is 0.195 e. The van der Waals surface area contributed by atoms with E-state index in [9.17, 15) is 40.5 Å². The second-order valence-electron chi connectivity index (χ2n) is 5.33. The third-order valence-corrected chi connectivity index (χ3v) is 3.72. The SMILES string of the molecule is O=C(C1O[C@H](CO)[C@@H](O)[C@H](O)[C@H]1O)[C@@H](O)[C@H](O)[C@H](O)[C@H](O)CO. The lowest BCUT2D eigenvalue weighted by atomic mass is 9.89. The van der Waals surface area contributed by atoms with Crippen molar-refractivity contribution in [3.63, 3.8) is 0 Å². The third-order valence-electron chi connectivity index (χ3n) is 3.72. The third kappa shape index (κ3) is 4.22. The quantitative estimate of drug-likeness (QED) is 0.212. The average molecular weight is 342 g/mol. The first kappa shape index (κ1) is 20.3. The second kappa shape index (κ2) is 8.39. The van der Waals surface area contributed by atoms with E-state index < -0.39 is 73.9 Å². The van der Waals surface area contributed by atoms with Gasteiger partial charge in [-0.15, -0.1) is 0 Å². The molecule has 0 amide bonds. The van der Waals surface area contributed by atoms with Crippen molar-refractivity contribution in [1.29, 1.82) is 0 Å². The minimum atomic E-state index is -2.33. The van der Waals surface area contributed by atoms with Gasteiger partial charge in [0, 0.05) is 0 Å². The molecule has 1 aliphatic rings. The zero-order valence-corrected chi connectivity index (χ0v) is 12.0. The molecule has 11 heteroatoms. The van der Waals surface area contributed by atoms with Crippen LogP contribution in [0.3, 0.4) is 0 Å². The highest BCUT2D eigenvalue weighted by Gasteiger charge is 2.49. The van der Waals surface area contributed by atoms with Crippen molar-refractivity contribution in [2.45, 2.75) is 54.9 Å². The molecule has 0 saturated carbocycles. The van der Waals surface area contributed by atoms with Gasteiger partial charge in [-0.25, -0.2) is 0 Å². The molecule has 11 nitrogen and oxygen atoms in total. The average Bonchev–Trinajstić information content (AvgIpc) is 2.56. The smallest absolute Gasteiger partial charge is 0.195 e. The van der Waals surface area contributed by atoms with Gasteiger partial charge in [0.1, 0.15) is 54.9 Å². The summed E-state index contributed by atoms with van der Waals surface area (Å²) in [7, 11) is 0. The van der Waals surface area contributed by atoms with E-state index in [-0.39, 0.29) is 0 Å². The summed E-state index contributed by atoms with van der Waals surface area (Å²) in [6.45, 7) is -1.74. The molecule has 1 unspecified atom stereocenters. The fourth-order valence-electron chi connectivity index (χ4n) is 2.20. The molecule has 1 heterocycles. The number of ether oxygens (including phenoxy) is 1. The number of aliphatic hydroxyl groups excluding tert-OH is 9. The second-order valence-corrected chi connectivity index (χ2v) is 5.33. The largest absolute Gasteiger partial charge is 0.394 e. The van der Waals surface area contributed by atoms with Gasteiger partial charge in [0.05, 0.1) is 13.2 Å². The zero-order valence-electron chi connectivity index (χ0n) is 12.0. The van der Waals surface area contributed by atoms with Gasteiger partial charge in [-0.1, -0.05) is 0 Å². The van der Waals surface area contributed by atoms with Gasteiger partial charge in [0.2, 0.25) is 0 Å². The number of hydrogen-bond donors (Lipinski definition) is 9. The fraction of sp³-hybridized carbons (Fsp3) is 0.917. The molecule has 0 bridgehead atoms. The van der Waals surface area contributed by atoms with Crippen molar-refractivity contribution in [3.05, 3.63) is 0 Å². The number of carbonyl (C=O) groups excluding carboxylic acids is 1. The highest BCUT2D eigenvalue weighted by molar-refractivity contribution is 5.88. The molecule has 1 fully saturated rings. The molecule has 9 N–H and O–H groups in total. The summed E-state index contributed by atoms with van der Waals surface area (Å²) in [5, 5.41) is 84.5. The Hall–Kier alpha value is -0.730. The number of rotatable bonds is 7. The Balaban J connectivity index is 2.85. The number of hydrogen-bond acceptors (Lipinski definition) is 11. The molecular formula is C12H22O11. The van der Waals surface area contributed by atoms with Crippen LogP contribution >= 0.6 is 0 Å². The van der Waals surface area contributed by atoms with Crippen LogP contribution in [-0.4, -0.2) is 120 Å². The van der Waals surface area contributed by atoms with E-state index in [1.165, 1.54) is 0 Å². The Morgan fingerprint density at radius 2 is 1.48 bits per heavy atom. The monoisotopic (exact) mass is 342 g/mol. The minimum Gasteiger partial charge on any atom is -0.394 e. The van der Waals surface area contributed by atoms with E-state index in [4.69, 9.17) is 14.9 Å². The Morgan fingerprint density at radius 1 is 0.913 bits per heavy atom. The molecule has 1 saturated heterocycles. The lowest BCUT2D eigenvalue weighted by molar-refractivity contribution is -0.231. The molecular weight excluding hydrogens is 320 g/mol. The first-order valence-electron chi connectivity index (χ1n) is 6.84. The molecule has 0 radical (unpaired) electrons. The van der Waals surface area contributed by atoms with E-state index in [1.807, 2.05) is 0 Å². The molecule has 0 spiro atoms. The first-order chi connectivity index (χ1) is 10.7. The molecule has 0 aromatic rings. The zero-order chi connectivity index (χ0) is 17.9. The number of Topliss-reactive ketones (excluding diaryl/α,β-unsaturated/α-hetero) is 1. The molecule has 0 aromatic carbocycles. The van der Waals surface area contributed by atoms with Crippen LogP contribution < -0.4 is 0 Å². The van der Waals surface area contributed by atoms with Gasteiger partial charge < -0.3 is 50.7 Å². The predicted molar refractivity (Wildman–Crippen MR) is 69.9 cm³/mol. The first-order valence-corrected chi connectivity index (χ1v) is 6.84. The minimum absolute atomic E-state index is 0.792. The van der Waals surface area contributed by atoms with E-state index >= 15 is 0 Å². The predicted octanol–water partition coefficient (Wildman–Crippen LogP) is -6.17. The van der Waals surface area contributed by atoms with Crippen molar-refractivity contribution >= 4 is 5.78 Å². The van der Waals surface area contributed by atoms with Crippen molar-refractivity contribution in [1.82, 2.24) is 0 Å². The topological polar surface area (TPSA) is 208 Å². The van der Waals surface area contributed by atoms with Crippen molar-refractivity contribution in [2.75, 3.05) is 13.2 Å². The Kier molecular flexibility index (Phi) is 7.41. The van der Waals surface area contributed by atoms with Crippen molar-refractivity contribution in [3.8, 4) is 0 Å². The maximum atomic E-state index is 12.1. The molecule has 9 atom stereocenters. The Bertz CT molecular complexity index is 389. The fourth-order valence-corrected chi connectivity index (χ4v) is 2.20. The molecule has 1 rings (SSSR count). The van der Waals surface area contributed by atoms with Crippen LogP contribution in [0.4, 0.5) is 0 Å². The summed E-state index contributed by atoms with van der Waals surface area (Å²) in [4.78, 5) is 12.1. The van der Waals surface area contributed by atoms with Gasteiger partial charge in [-0.05, 0) is 0 Å². The van der Waals surface area contributed by atoms with Gasteiger partial charge in [-0.2, -0.15) is 0 Å². The van der Waals surface area contributed by atoms with E-state index in [2.05, 4.69) is 0 Å². The highest BCUT2D eigenvalue weighted by Crippen LogP contribution is 2.23. The molecule has 136 valence electrons. The van der Waals surface area contributed by atoms with Crippen LogP contribution in [0.1, 0.15) is 0 Å². The van der Waals surface area contributed by atoms with Crippen LogP contribution in [0.15, 0.2) is 0 Å². The summed E-state index contributed by atoms with van der Waals surface area (Å²) in [6.07, 6.45) is -17.2. The normalized spacial score (nSPS) is 37.0. The van der Waals surface area contributed by atoms with Gasteiger partial charge in [-0.3, -0.25) is 4.79 Å². The van der Waals surface area contributed by atoms with Crippen LogP contribution in [0.25, 0.3) is 0 Å². The van der Waals surface area contributed by atoms with Crippen molar-refractivity contribution in [2.24, 2.45) is 0 Å². The summed E-state index contributed by atoms with van der Waals surface area (Å²) >= 11 is 0. The van der Waals surface area contributed by atoms with Gasteiger partial charge >= 0.3 is 0 Å². The molecule has 0 aromatic heterocycles. The maximum absolute atomic E-state index is 12.1. The van der Waals surface area contributed by atoms with Crippen LogP contribution in [0.5, 0.6) is 0 Å². The van der Waals surface area contributed by atoms with E-state index in [0.29, 0.717) is 0 Å². The Morgan fingerprint density at radius 3 is 1.96 bits per heavy atom. The molecule has 0 aliphatic carbocycles. The Labute approximate surface area is 130 Å². The standard InChI is InChI=1S/C12H22O11/c13-1-3(15)5(16)7(18)9(20)11(22)12-10(21)8(19)6(17)4(2-14)23-12/h3-10,12-21H,1-2H2/t3-,4-,5-,6-,7-,8+,9+,10-,12?/m1/s1. The van der Waals surface area contributed by atoms with E-state index in [1.54, 1.807) is 0 Å². The number of ketones is 1. The summed E-state index contributed by atoms with van der Waals surface area (Å²) in [6, 6.07) is 0. The van der Waals surface area contributed by atoms with Gasteiger partial charge in [0.25, 0.3) is 0 Å². The summed E-state index contributed by atoms with van der Waals surface area (Å²) in [5.74, 6) is -1.35. The highest BCUT2D eigenvalue weighted by atomic mass is 16.5. The number of aliphatic hydroxyl groups is 9. The molecule has 23 heavy (non-hydrogen) atoms. The van der Waals surface area contributed by atoms with Crippen molar-refractivity contribution < 1.29 is 55.5 Å². The lowest BCUT2D eigenvalue weighted by Crippen LogP contribution is -2.63. The van der Waals surface area contributed by atoms with Crippen LogP contribution in [0.2, 0.25) is 0 Å². The molecule has 1 aliphatic heterocycles. The summed E-state index contributed by atoms with van der Waals surface area (Å²) < 4.78 is 4.91. The van der Waals surface area contributed by atoms with Gasteiger partial charge in [0.15, 0.2) is 5.78 Å².